The number of fused-ring (bicyclic) bond motifs is 8. The first-order valence-electron chi connectivity index (χ1n) is 9.12. The normalized spacial score (nSPS) is 23.7. The summed E-state index contributed by atoms with van der Waals surface area (Å²) in [4.78, 5) is 12.8. The highest BCUT2D eigenvalue weighted by Gasteiger charge is 2.32. The van der Waals surface area contributed by atoms with Gasteiger partial charge in [-0.05, 0) is 25.0 Å². The number of hydrogen-bond donors (Lipinski definition) is 2. The lowest BCUT2D eigenvalue weighted by molar-refractivity contribution is 0.620. The Labute approximate surface area is 166 Å². The van der Waals surface area contributed by atoms with E-state index in [1.807, 2.05) is 12.1 Å². The Kier molecular flexibility index (Phi) is 4.16. The second kappa shape index (κ2) is 6.56. The van der Waals surface area contributed by atoms with Crippen LogP contribution in [-0.2, 0) is 0 Å². The Morgan fingerprint density at radius 3 is 2.26 bits per heavy atom. The average molecular weight is 409 g/mol. The van der Waals surface area contributed by atoms with Crippen LogP contribution in [0.1, 0.15) is 12.8 Å². The van der Waals surface area contributed by atoms with E-state index < -0.39 is 5.82 Å². The zero-order valence-corrected chi connectivity index (χ0v) is 16.1. The molecule has 2 fully saturated rings. The van der Waals surface area contributed by atoms with E-state index in [9.17, 15) is 4.39 Å². The van der Waals surface area contributed by atoms with Crippen molar-refractivity contribution in [2.75, 3.05) is 46.6 Å². The molecule has 0 aromatic carbocycles. The summed E-state index contributed by atoms with van der Waals surface area (Å²) in [5.74, 6) is 1.21. The van der Waals surface area contributed by atoms with E-state index in [1.165, 1.54) is 18.2 Å². The van der Waals surface area contributed by atoms with Crippen LogP contribution in [0.15, 0.2) is 18.2 Å². The number of pyridine rings is 2. The Bertz CT molecular complexity index is 894. The molecule has 9 heteroatoms. The molecule has 2 aromatic heterocycles. The van der Waals surface area contributed by atoms with Crippen LogP contribution in [0.25, 0.3) is 0 Å². The molecule has 2 aromatic rings. The predicted molar refractivity (Wildman–Crippen MR) is 107 cm³/mol. The summed E-state index contributed by atoms with van der Waals surface area (Å²) in [6.45, 7) is 4.15. The van der Waals surface area contributed by atoms with Crippen molar-refractivity contribution in [3.8, 4) is 0 Å². The van der Waals surface area contributed by atoms with Crippen molar-refractivity contribution in [3.63, 3.8) is 0 Å². The second-order valence-corrected chi connectivity index (χ2v) is 8.03. The van der Waals surface area contributed by atoms with Gasteiger partial charge in [0.05, 0.1) is 11.4 Å². The molecule has 4 aliphatic heterocycles. The van der Waals surface area contributed by atoms with Crippen LogP contribution in [0, 0.1) is 5.82 Å². The maximum absolute atomic E-state index is 13.2. The SMILES string of the molecule is Clc1ccc2c(n1)N[C@H]1CCN2C1.Fc1cc2c(nc1Cl)N[C@@H]1CCN2C1. The van der Waals surface area contributed by atoms with E-state index >= 15 is 0 Å². The smallest absolute Gasteiger partial charge is 0.167 e. The molecular formula is C18H19Cl2FN6. The van der Waals surface area contributed by atoms with Crippen molar-refractivity contribution < 1.29 is 4.39 Å². The number of halogens is 3. The third-order valence-electron chi connectivity index (χ3n) is 5.49. The van der Waals surface area contributed by atoms with Crippen molar-refractivity contribution in [3.05, 3.63) is 34.3 Å². The van der Waals surface area contributed by atoms with Gasteiger partial charge in [-0.3, -0.25) is 0 Å². The van der Waals surface area contributed by atoms with Crippen molar-refractivity contribution in [1.29, 1.82) is 0 Å². The van der Waals surface area contributed by atoms with Gasteiger partial charge in [0.15, 0.2) is 22.6 Å². The monoisotopic (exact) mass is 408 g/mol. The zero-order valence-electron chi connectivity index (χ0n) is 14.6. The molecule has 4 bridgehead atoms. The zero-order chi connectivity index (χ0) is 18.5. The van der Waals surface area contributed by atoms with Crippen LogP contribution < -0.4 is 20.4 Å². The molecule has 0 spiro atoms. The molecule has 142 valence electrons. The number of aromatic nitrogens is 2. The molecule has 0 saturated carbocycles. The van der Waals surface area contributed by atoms with Crippen molar-refractivity contribution in [2.24, 2.45) is 0 Å². The number of nitrogens with zero attached hydrogens (tertiary/aromatic N) is 4. The molecule has 0 amide bonds. The lowest BCUT2D eigenvalue weighted by Crippen LogP contribution is -2.32. The molecular weight excluding hydrogens is 390 g/mol. The summed E-state index contributed by atoms with van der Waals surface area (Å²) in [6.07, 6.45) is 2.28. The largest absolute Gasteiger partial charge is 0.366 e. The minimum absolute atomic E-state index is 0.0567. The van der Waals surface area contributed by atoms with Gasteiger partial charge in [0.25, 0.3) is 0 Å². The van der Waals surface area contributed by atoms with E-state index in [1.54, 1.807) is 0 Å². The summed E-state index contributed by atoms with van der Waals surface area (Å²) in [5, 5.41) is 7.15. The van der Waals surface area contributed by atoms with Gasteiger partial charge in [-0.2, -0.15) is 0 Å². The first kappa shape index (κ1) is 17.1. The lowest BCUT2D eigenvalue weighted by Gasteiger charge is -2.27. The first-order chi connectivity index (χ1) is 13.1. The third-order valence-corrected chi connectivity index (χ3v) is 5.97. The molecule has 0 aliphatic carbocycles. The molecule has 2 saturated heterocycles. The Hall–Kier alpha value is -1.99. The molecule has 2 N–H and O–H groups in total. The topological polar surface area (TPSA) is 56.3 Å². The highest BCUT2D eigenvalue weighted by molar-refractivity contribution is 6.30. The minimum atomic E-state index is -0.447. The predicted octanol–water partition coefficient (Wildman–Crippen LogP) is 3.62. The van der Waals surface area contributed by atoms with E-state index in [4.69, 9.17) is 23.2 Å². The molecule has 0 unspecified atom stereocenters. The molecule has 6 nitrogen and oxygen atoms in total. The minimum Gasteiger partial charge on any atom is -0.366 e. The summed E-state index contributed by atoms with van der Waals surface area (Å²) < 4.78 is 13.2. The van der Waals surface area contributed by atoms with Crippen LogP contribution in [0.5, 0.6) is 0 Å². The lowest BCUT2D eigenvalue weighted by atomic mass is 10.2. The van der Waals surface area contributed by atoms with Gasteiger partial charge in [0.2, 0.25) is 0 Å². The van der Waals surface area contributed by atoms with E-state index in [0.29, 0.717) is 23.1 Å². The first-order valence-corrected chi connectivity index (χ1v) is 9.88. The fourth-order valence-electron chi connectivity index (χ4n) is 4.17. The standard InChI is InChI=1S/C9H9ClFN3.C9H10ClN3/c10-8-6(11)3-7-9(13-8)12-5-1-2-14(7)4-5;10-8-2-1-7-9(12-8)11-6-3-4-13(7)5-6/h3,5H,1-2,4H2,(H,12,13);1-2,6H,3-5H2,(H,11,12)/t5-;6-/m10/s1. The third kappa shape index (κ3) is 3.12. The highest BCUT2D eigenvalue weighted by Crippen LogP contribution is 2.36. The molecule has 0 radical (unpaired) electrons. The van der Waals surface area contributed by atoms with Gasteiger partial charge in [-0.1, -0.05) is 23.2 Å². The Morgan fingerprint density at radius 1 is 0.926 bits per heavy atom. The molecule has 4 aliphatic rings. The highest BCUT2D eigenvalue weighted by atomic mass is 35.5. The van der Waals surface area contributed by atoms with Gasteiger partial charge >= 0.3 is 0 Å². The van der Waals surface area contributed by atoms with Crippen LogP contribution >= 0.6 is 23.2 Å². The summed E-state index contributed by atoms with van der Waals surface area (Å²) in [6, 6.07) is 6.36. The maximum Gasteiger partial charge on any atom is 0.167 e. The Morgan fingerprint density at radius 2 is 1.56 bits per heavy atom. The van der Waals surface area contributed by atoms with Gasteiger partial charge in [0, 0.05) is 44.3 Å². The van der Waals surface area contributed by atoms with Gasteiger partial charge in [-0.25, -0.2) is 14.4 Å². The number of anilines is 4. The fraction of sp³-hybridized carbons (Fsp3) is 0.444. The average Bonchev–Trinajstić information content (AvgIpc) is 3.22. The van der Waals surface area contributed by atoms with Crippen LogP contribution in [0.4, 0.5) is 27.4 Å². The number of rotatable bonds is 0. The summed E-state index contributed by atoms with van der Waals surface area (Å²) in [5.41, 5.74) is 2.03. The number of nitrogens with one attached hydrogen (secondary N) is 2. The molecule has 6 heterocycles. The summed E-state index contributed by atoms with van der Waals surface area (Å²) in [7, 11) is 0. The van der Waals surface area contributed by atoms with E-state index in [2.05, 4.69) is 30.4 Å². The van der Waals surface area contributed by atoms with Crippen molar-refractivity contribution >= 4 is 46.2 Å². The van der Waals surface area contributed by atoms with Crippen LogP contribution in [0.2, 0.25) is 10.3 Å². The Balaban J connectivity index is 0.000000119. The molecule has 27 heavy (non-hydrogen) atoms. The van der Waals surface area contributed by atoms with Crippen LogP contribution in [-0.4, -0.2) is 48.2 Å². The molecule has 6 rings (SSSR count). The van der Waals surface area contributed by atoms with Crippen molar-refractivity contribution in [2.45, 2.75) is 24.9 Å². The van der Waals surface area contributed by atoms with E-state index in [0.717, 1.165) is 44.1 Å². The van der Waals surface area contributed by atoms with E-state index in [-0.39, 0.29) is 5.15 Å². The summed E-state index contributed by atoms with van der Waals surface area (Å²) >= 11 is 11.4. The quantitative estimate of drug-likeness (QED) is 0.649. The molecule has 2 atom stereocenters. The van der Waals surface area contributed by atoms with Gasteiger partial charge < -0.3 is 20.4 Å². The fourth-order valence-corrected chi connectivity index (χ4v) is 4.46. The number of hydrogen-bond acceptors (Lipinski definition) is 6. The van der Waals surface area contributed by atoms with Crippen molar-refractivity contribution in [1.82, 2.24) is 9.97 Å². The second-order valence-electron chi connectivity index (χ2n) is 7.28. The maximum atomic E-state index is 13.2. The van der Waals surface area contributed by atoms with Crippen LogP contribution in [0.3, 0.4) is 0 Å². The van der Waals surface area contributed by atoms with Gasteiger partial charge in [0.1, 0.15) is 5.15 Å². The van der Waals surface area contributed by atoms with Gasteiger partial charge in [-0.15, -0.1) is 0 Å².